The molecule has 0 spiro atoms. The van der Waals surface area contributed by atoms with E-state index in [4.69, 9.17) is 21.3 Å². The molecule has 1 aliphatic rings. The monoisotopic (exact) mass is 475 g/mol. The normalized spacial score (nSPS) is 15.8. The lowest BCUT2D eigenvalue weighted by atomic mass is 10.1. The molecular weight excluding hydrogens is 453 g/mol. The molecule has 0 unspecified atom stereocenters. The highest BCUT2D eigenvalue weighted by molar-refractivity contribution is 7.19. The van der Waals surface area contributed by atoms with Crippen LogP contribution in [0.4, 0.5) is 10.2 Å². The van der Waals surface area contributed by atoms with Gasteiger partial charge in [-0.2, -0.15) is 0 Å². The van der Waals surface area contributed by atoms with Gasteiger partial charge in [-0.05, 0) is 60.9 Å². The number of nitrogens with one attached hydrogen (secondary N) is 1. The van der Waals surface area contributed by atoms with Crippen LogP contribution < -0.4 is 10.2 Å². The Hall–Kier alpha value is -2.68. The minimum absolute atomic E-state index is 0.0681. The van der Waals surface area contributed by atoms with Gasteiger partial charge in [0.15, 0.2) is 0 Å². The van der Waals surface area contributed by atoms with Crippen LogP contribution in [0, 0.1) is 5.82 Å². The molecule has 2 aromatic heterocycles. The number of hydrogen-bond donors (Lipinski definition) is 2. The predicted molar refractivity (Wildman–Crippen MR) is 125 cm³/mol. The van der Waals surface area contributed by atoms with Crippen molar-refractivity contribution in [2.24, 2.45) is 0 Å². The van der Waals surface area contributed by atoms with Gasteiger partial charge in [-0.1, -0.05) is 11.6 Å². The number of ether oxygens (including phenoxy) is 1. The molecule has 168 valence electrons. The molecule has 32 heavy (non-hydrogen) atoms. The number of methoxy groups -OCH3 is 1. The molecule has 3 aromatic rings. The van der Waals surface area contributed by atoms with E-state index in [1.54, 1.807) is 13.2 Å². The van der Waals surface area contributed by atoms with Crippen LogP contribution in [0.15, 0.2) is 42.5 Å². The molecule has 9 heteroatoms. The van der Waals surface area contributed by atoms with Gasteiger partial charge in [-0.25, -0.2) is 9.37 Å². The van der Waals surface area contributed by atoms with E-state index in [0.29, 0.717) is 42.0 Å². The molecule has 0 bridgehead atoms. The number of phenols is 1. The molecule has 0 saturated carbocycles. The number of carbonyl (C=O) groups is 1. The third kappa shape index (κ3) is 4.87. The minimum Gasteiger partial charge on any atom is -0.507 e. The molecule has 2 N–H and O–H groups in total. The summed E-state index contributed by atoms with van der Waals surface area (Å²) in [5.41, 5.74) is 1.54. The van der Waals surface area contributed by atoms with Crippen molar-refractivity contribution in [1.82, 2.24) is 10.3 Å². The fraction of sp³-hybridized carbons (Fsp3) is 0.304. The van der Waals surface area contributed by atoms with Gasteiger partial charge >= 0.3 is 0 Å². The average molecular weight is 476 g/mol. The van der Waals surface area contributed by atoms with E-state index in [9.17, 15) is 14.3 Å². The van der Waals surface area contributed by atoms with Crippen molar-refractivity contribution in [1.29, 1.82) is 0 Å². The average Bonchev–Trinajstić information content (AvgIpc) is 3.44. The lowest BCUT2D eigenvalue weighted by molar-refractivity contribution is -0.122. The Labute approximate surface area is 194 Å². The van der Waals surface area contributed by atoms with Gasteiger partial charge in [-0.3, -0.25) is 4.79 Å². The number of hydrogen-bond acceptors (Lipinski definition) is 6. The molecule has 1 aliphatic heterocycles. The third-order valence-corrected chi connectivity index (χ3v) is 6.64. The summed E-state index contributed by atoms with van der Waals surface area (Å²) in [6.07, 6.45) is 1.55. The van der Waals surface area contributed by atoms with Crippen LogP contribution in [0.2, 0.25) is 4.34 Å². The van der Waals surface area contributed by atoms with E-state index in [1.165, 1.54) is 29.5 Å². The highest BCUT2D eigenvalue weighted by Gasteiger charge is 2.32. The van der Waals surface area contributed by atoms with Crippen LogP contribution in [0.1, 0.15) is 12.8 Å². The van der Waals surface area contributed by atoms with Crippen molar-refractivity contribution >= 4 is 34.7 Å². The van der Waals surface area contributed by atoms with Crippen molar-refractivity contribution in [3.05, 3.63) is 52.6 Å². The summed E-state index contributed by atoms with van der Waals surface area (Å²) in [7, 11) is 1.59. The van der Waals surface area contributed by atoms with Crippen LogP contribution in [-0.4, -0.2) is 48.8 Å². The zero-order chi connectivity index (χ0) is 22.7. The number of aromatic nitrogens is 1. The second-order valence-electron chi connectivity index (χ2n) is 7.50. The lowest BCUT2D eigenvalue weighted by Crippen LogP contribution is -2.44. The molecule has 1 fully saturated rings. The second-order valence-corrected chi connectivity index (χ2v) is 9.21. The molecule has 0 radical (unpaired) electrons. The van der Waals surface area contributed by atoms with E-state index in [0.717, 1.165) is 16.9 Å². The van der Waals surface area contributed by atoms with Crippen molar-refractivity contribution in [2.45, 2.75) is 18.9 Å². The molecule has 1 atom stereocenters. The number of aromatic hydroxyl groups is 1. The zero-order valence-electron chi connectivity index (χ0n) is 17.5. The maximum Gasteiger partial charge on any atom is 0.242 e. The van der Waals surface area contributed by atoms with Crippen LogP contribution in [0.25, 0.3) is 21.7 Å². The maximum absolute atomic E-state index is 13.9. The number of nitrogens with zero attached hydrogens (tertiary/aromatic N) is 2. The summed E-state index contributed by atoms with van der Waals surface area (Å²) < 4.78 is 19.6. The summed E-state index contributed by atoms with van der Waals surface area (Å²) >= 11 is 7.56. The van der Waals surface area contributed by atoms with Gasteiger partial charge in [-0.15, -0.1) is 11.3 Å². The van der Waals surface area contributed by atoms with Gasteiger partial charge in [0, 0.05) is 30.6 Å². The molecule has 1 saturated heterocycles. The Kier molecular flexibility index (Phi) is 6.93. The topological polar surface area (TPSA) is 74.7 Å². The minimum atomic E-state index is -0.470. The first kappa shape index (κ1) is 22.5. The molecule has 4 rings (SSSR count). The molecule has 1 aromatic carbocycles. The quantitative estimate of drug-likeness (QED) is 0.484. The van der Waals surface area contributed by atoms with Gasteiger partial charge in [0.05, 0.1) is 16.6 Å². The number of benzene rings is 1. The number of amides is 1. The largest absolute Gasteiger partial charge is 0.507 e. The van der Waals surface area contributed by atoms with Crippen molar-refractivity contribution in [3.63, 3.8) is 0 Å². The van der Waals surface area contributed by atoms with E-state index >= 15 is 0 Å². The first-order valence-electron chi connectivity index (χ1n) is 10.3. The number of carbonyl (C=O) groups excluding carboxylic acids is 1. The fourth-order valence-electron chi connectivity index (χ4n) is 3.83. The molecular formula is C23H23ClFN3O3S. The van der Waals surface area contributed by atoms with Crippen LogP contribution in [0.5, 0.6) is 5.75 Å². The zero-order valence-corrected chi connectivity index (χ0v) is 19.0. The van der Waals surface area contributed by atoms with Crippen molar-refractivity contribution in [2.75, 3.05) is 31.7 Å². The summed E-state index contributed by atoms with van der Waals surface area (Å²) in [6, 6.07) is 10.8. The smallest absolute Gasteiger partial charge is 0.242 e. The number of halogens is 2. The first-order valence-corrected chi connectivity index (χ1v) is 11.5. The summed E-state index contributed by atoms with van der Waals surface area (Å²) in [6.45, 7) is 1.54. The van der Waals surface area contributed by atoms with Gasteiger partial charge in [0.25, 0.3) is 0 Å². The van der Waals surface area contributed by atoms with Crippen LogP contribution in [-0.2, 0) is 9.53 Å². The lowest BCUT2D eigenvalue weighted by Gasteiger charge is -2.26. The van der Waals surface area contributed by atoms with E-state index in [1.807, 2.05) is 23.1 Å². The highest BCUT2D eigenvalue weighted by atomic mass is 35.5. The Morgan fingerprint density at radius 3 is 2.94 bits per heavy atom. The number of phenolic OH excluding ortho intramolecular Hbond substituents is 1. The molecule has 0 aliphatic carbocycles. The van der Waals surface area contributed by atoms with Gasteiger partial charge < -0.3 is 20.1 Å². The standard InChI is InChI=1S/C23H23ClFN3O3S/c1-31-10-8-26-23(30)18-3-2-9-28(18)22-12-14(20-6-7-21(24)32-20)11-17(27-22)16-13-15(25)4-5-19(16)29/h4-7,11-13,18,29H,2-3,8-10H2,1H3,(H,26,30)/t18-/m0/s1. The first-order chi connectivity index (χ1) is 15.5. The summed E-state index contributed by atoms with van der Waals surface area (Å²) in [4.78, 5) is 20.4. The second kappa shape index (κ2) is 9.85. The fourth-order valence-corrected chi connectivity index (χ4v) is 4.86. The molecule has 3 heterocycles. The van der Waals surface area contributed by atoms with E-state index in [-0.39, 0.29) is 23.3 Å². The van der Waals surface area contributed by atoms with Crippen molar-refractivity contribution < 1.29 is 19.0 Å². The van der Waals surface area contributed by atoms with Crippen molar-refractivity contribution in [3.8, 4) is 27.4 Å². The van der Waals surface area contributed by atoms with E-state index in [2.05, 4.69) is 5.32 Å². The Balaban J connectivity index is 1.75. The Bertz CT molecular complexity index is 1120. The van der Waals surface area contributed by atoms with Gasteiger partial charge in [0.2, 0.25) is 5.91 Å². The number of anilines is 1. The Morgan fingerprint density at radius 1 is 1.34 bits per heavy atom. The van der Waals surface area contributed by atoms with Crippen LogP contribution >= 0.6 is 22.9 Å². The Morgan fingerprint density at radius 2 is 2.19 bits per heavy atom. The summed E-state index contributed by atoms with van der Waals surface area (Å²) in [5.74, 6) is -0.0278. The molecule has 6 nitrogen and oxygen atoms in total. The van der Waals surface area contributed by atoms with Gasteiger partial charge in [0.1, 0.15) is 23.4 Å². The summed E-state index contributed by atoms with van der Waals surface area (Å²) in [5, 5.41) is 13.3. The molecule has 1 amide bonds. The number of rotatable bonds is 7. The number of pyridine rings is 1. The number of thiophene rings is 1. The van der Waals surface area contributed by atoms with E-state index < -0.39 is 5.82 Å². The predicted octanol–water partition coefficient (Wildman–Crippen LogP) is 4.71. The SMILES string of the molecule is COCCNC(=O)[C@@H]1CCCN1c1cc(-c2ccc(Cl)s2)cc(-c2cc(F)ccc2O)n1. The third-order valence-electron chi connectivity index (χ3n) is 5.36. The highest BCUT2D eigenvalue weighted by Crippen LogP contribution is 2.38. The van der Waals surface area contributed by atoms with Crippen LogP contribution in [0.3, 0.4) is 0 Å². The maximum atomic E-state index is 13.9.